The zero-order chi connectivity index (χ0) is 16.1. The van der Waals surface area contributed by atoms with Crippen molar-refractivity contribution in [3.63, 3.8) is 0 Å². The zero-order valence-electron chi connectivity index (χ0n) is 13.1. The standard InChI is InChI=1S/C18H19N3O2/c1-14-20-16-7-2-3-8-17(16)21(14)10-5-11-23-18(22)12-15-6-4-9-19-13-15/h2-4,6-9,13H,5,10-12H2,1H3. The molecule has 0 atom stereocenters. The van der Waals surface area contributed by atoms with Crippen LogP contribution in [0.1, 0.15) is 17.8 Å². The quantitative estimate of drug-likeness (QED) is 0.519. The van der Waals surface area contributed by atoms with Crippen LogP contribution in [0.5, 0.6) is 0 Å². The molecule has 0 aliphatic heterocycles. The fraction of sp³-hybridized carbons (Fsp3) is 0.278. The van der Waals surface area contributed by atoms with Crippen LogP contribution in [-0.2, 0) is 22.5 Å². The minimum atomic E-state index is -0.217. The van der Waals surface area contributed by atoms with E-state index in [2.05, 4.69) is 20.6 Å². The second-order valence-corrected chi connectivity index (χ2v) is 5.41. The minimum Gasteiger partial charge on any atom is -0.465 e. The average molecular weight is 309 g/mol. The molecular formula is C18H19N3O2. The Labute approximate surface area is 134 Å². The van der Waals surface area contributed by atoms with Crippen molar-refractivity contribution in [2.75, 3.05) is 6.61 Å². The predicted octanol–water partition coefficient (Wildman–Crippen LogP) is 2.92. The maximum absolute atomic E-state index is 11.8. The van der Waals surface area contributed by atoms with Gasteiger partial charge in [-0.25, -0.2) is 4.98 Å². The number of pyridine rings is 1. The summed E-state index contributed by atoms with van der Waals surface area (Å²) in [7, 11) is 0. The highest BCUT2D eigenvalue weighted by atomic mass is 16.5. The molecule has 5 heteroatoms. The highest BCUT2D eigenvalue weighted by Gasteiger charge is 2.07. The number of hydrogen-bond donors (Lipinski definition) is 0. The highest BCUT2D eigenvalue weighted by Crippen LogP contribution is 2.15. The van der Waals surface area contributed by atoms with E-state index >= 15 is 0 Å². The van der Waals surface area contributed by atoms with Gasteiger partial charge in [-0.2, -0.15) is 0 Å². The Morgan fingerprint density at radius 3 is 2.91 bits per heavy atom. The molecule has 0 aliphatic rings. The molecule has 0 spiro atoms. The summed E-state index contributed by atoms with van der Waals surface area (Å²) in [6, 6.07) is 11.7. The number of fused-ring (bicyclic) bond motifs is 1. The summed E-state index contributed by atoms with van der Waals surface area (Å²) in [6.45, 7) is 3.19. The number of ether oxygens (including phenoxy) is 1. The van der Waals surface area contributed by atoms with Crippen LogP contribution < -0.4 is 0 Å². The summed E-state index contributed by atoms with van der Waals surface area (Å²) in [6.07, 6.45) is 4.40. The normalized spacial score (nSPS) is 10.8. The maximum Gasteiger partial charge on any atom is 0.310 e. The molecule has 0 saturated carbocycles. The molecule has 118 valence electrons. The zero-order valence-corrected chi connectivity index (χ0v) is 13.1. The maximum atomic E-state index is 11.8. The molecule has 5 nitrogen and oxygen atoms in total. The first-order chi connectivity index (χ1) is 11.2. The molecule has 3 rings (SSSR count). The Bertz CT molecular complexity index is 796. The molecule has 2 aromatic heterocycles. The molecule has 1 aromatic carbocycles. The average Bonchev–Trinajstić information content (AvgIpc) is 2.88. The summed E-state index contributed by atoms with van der Waals surface area (Å²) < 4.78 is 7.45. The smallest absolute Gasteiger partial charge is 0.310 e. The van der Waals surface area contributed by atoms with Crippen molar-refractivity contribution >= 4 is 17.0 Å². The van der Waals surface area contributed by atoms with Crippen molar-refractivity contribution in [1.82, 2.24) is 14.5 Å². The van der Waals surface area contributed by atoms with Gasteiger partial charge in [0.1, 0.15) is 5.82 Å². The van der Waals surface area contributed by atoms with Crippen molar-refractivity contribution in [3.05, 3.63) is 60.2 Å². The predicted molar refractivity (Wildman–Crippen MR) is 88.0 cm³/mol. The van der Waals surface area contributed by atoms with E-state index in [0.717, 1.165) is 35.4 Å². The van der Waals surface area contributed by atoms with E-state index in [1.54, 1.807) is 12.4 Å². The number of imidazole rings is 1. The molecule has 0 N–H and O–H groups in total. The second kappa shape index (κ2) is 7.05. The molecule has 0 amide bonds. The van der Waals surface area contributed by atoms with Gasteiger partial charge in [-0.15, -0.1) is 0 Å². The van der Waals surface area contributed by atoms with Gasteiger partial charge in [0.25, 0.3) is 0 Å². The Morgan fingerprint density at radius 2 is 2.09 bits per heavy atom. The number of hydrogen-bond acceptors (Lipinski definition) is 4. The van der Waals surface area contributed by atoms with E-state index in [-0.39, 0.29) is 12.4 Å². The Morgan fingerprint density at radius 1 is 1.22 bits per heavy atom. The lowest BCUT2D eigenvalue weighted by molar-refractivity contribution is -0.143. The first-order valence-electron chi connectivity index (χ1n) is 7.70. The van der Waals surface area contributed by atoms with E-state index in [4.69, 9.17) is 4.74 Å². The Kier molecular flexibility index (Phi) is 4.66. The van der Waals surface area contributed by atoms with Crippen molar-refractivity contribution in [3.8, 4) is 0 Å². The van der Waals surface area contributed by atoms with Crippen molar-refractivity contribution in [2.45, 2.75) is 26.3 Å². The summed E-state index contributed by atoms with van der Waals surface area (Å²) in [4.78, 5) is 20.3. The van der Waals surface area contributed by atoms with Crippen molar-refractivity contribution in [1.29, 1.82) is 0 Å². The van der Waals surface area contributed by atoms with Crippen LogP contribution >= 0.6 is 0 Å². The van der Waals surface area contributed by atoms with Crippen molar-refractivity contribution in [2.24, 2.45) is 0 Å². The first kappa shape index (κ1) is 15.2. The lowest BCUT2D eigenvalue weighted by Crippen LogP contribution is -2.11. The number of aryl methyl sites for hydroxylation is 2. The summed E-state index contributed by atoms with van der Waals surface area (Å²) >= 11 is 0. The number of benzene rings is 1. The summed E-state index contributed by atoms with van der Waals surface area (Å²) in [5.41, 5.74) is 2.99. The van der Waals surface area contributed by atoms with Crippen LogP contribution in [0.2, 0.25) is 0 Å². The third-order valence-corrected chi connectivity index (χ3v) is 3.71. The van der Waals surface area contributed by atoms with Gasteiger partial charge in [-0.1, -0.05) is 18.2 Å². The monoisotopic (exact) mass is 309 g/mol. The number of para-hydroxylation sites is 2. The molecule has 3 aromatic rings. The lowest BCUT2D eigenvalue weighted by Gasteiger charge is -2.08. The van der Waals surface area contributed by atoms with Crippen LogP contribution in [0, 0.1) is 6.92 Å². The van der Waals surface area contributed by atoms with Crippen LogP contribution in [0.15, 0.2) is 48.8 Å². The molecule has 0 radical (unpaired) electrons. The van der Waals surface area contributed by atoms with E-state index in [0.29, 0.717) is 6.61 Å². The highest BCUT2D eigenvalue weighted by molar-refractivity contribution is 5.75. The van der Waals surface area contributed by atoms with Gasteiger partial charge in [0.2, 0.25) is 0 Å². The van der Waals surface area contributed by atoms with Gasteiger partial charge in [0, 0.05) is 18.9 Å². The molecule has 0 aliphatic carbocycles. The molecule has 23 heavy (non-hydrogen) atoms. The van der Waals surface area contributed by atoms with E-state index in [1.807, 2.05) is 37.3 Å². The topological polar surface area (TPSA) is 57.0 Å². The molecule has 0 fully saturated rings. The Hall–Kier alpha value is -2.69. The number of aromatic nitrogens is 3. The second-order valence-electron chi connectivity index (χ2n) is 5.41. The lowest BCUT2D eigenvalue weighted by atomic mass is 10.2. The van der Waals surface area contributed by atoms with Gasteiger partial charge in [0.15, 0.2) is 0 Å². The van der Waals surface area contributed by atoms with Crippen LogP contribution in [0.25, 0.3) is 11.0 Å². The molecule has 0 saturated heterocycles. The summed E-state index contributed by atoms with van der Waals surface area (Å²) in [5, 5.41) is 0. The van der Waals surface area contributed by atoms with E-state index in [9.17, 15) is 4.79 Å². The van der Waals surface area contributed by atoms with Gasteiger partial charge in [0.05, 0.1) is 24.1 Å². The fourth-order valence-electron chi connectivity index (χ4n) is 2.61. The van der Waals surface area contributed by atoms with Crippen LogP contribution in [0.3, 0.4) is 0 Å². The third-order valence-electron chi connectivity index (χ3n) is 3.71. The minimum absolute atomic E-state index is 0.217. The molecule has 0 unspecified atom stereocenters. The SMILES string of the molecule is Cc1nc2ccccc2n1CCCOC(=O)Cc1cccnc1. The van der Waals surface area contributed by atoms with Crippen LogP contribution in [0.4, 0.5) is 0 Å². The van der Waals surface area contributed by atoms with Gasteiger partial charge in [-0.05, 0) is 37.1 Å². The molecule has 2 heterocycles. The summed E-state index contributed by atoms with van der Waals surface area (Å²) in [5.74, 6) is 0.762. The van der Waals surface area contributed by atoms with Crippen LogP contribution in [-0.4, -0.2) is 27.1 Å². The van der Waals surface area contributed by atoms with Gasteiger partial charge in [-0.3, -0.25) is 9.78 Å². The van der Waals surface area contributed by atoms with Crippen molar-refractivity contribution < 1.29 is 9.53 Å². The molecule has 0 bridgehead atoms. The van der Waals surface area contributed by atoms with E-state index < -0.39 is 0 Å². The number of carbonyl (C=O) groups excluding carboxylic acids is 1. The first-order valence-corrected chi connectivity index (χ1v) is 7.70. The largest absolute Gasteiger partial charge is 0.465 e. The van der Waals surface area contributed by atoms with Gasteiger partial charge >= 0.3 is 5.97 Å². The number of rotatable bonds is 6. The van der Waals surface area contributed by atoms with E-state index in [1.165, 1.54) is 0 Å². The number of esters is 1. The fourth-order valence-corrected chi connectivity index (χ4v) is 2.61. The third kappa shape index (κ3) is 3.74. The van der Waals surface area contributed by atoms with Gasteiger partial charge < -0.3 is 9.30 Å². The Balaban J connectivity index is 1.49. The molecular weight excluding hydrogens is 290 g/mol. The number of carbonyl (C=O) groups is 1. The number of nitrogens with zero attached hydrogens (tertiary/aromatic N) is 3.